The summed E-state index contributed by atoms with van der Waals surface area (Å²) in [6.45, 7) is 1.80. The fraction of sp³-hybridized carbons (Fsp3) is 0.0698. The highest BCUT2D eigenvalue weighted by atomic mass is 79.9. The second-order valence-electron chi connectivity index (χ2n) is 25.4. The Kier molecular flexibility index (Phi) is 31.8. The number of carbonyl (C=O) groups is 8. The maximum atomic E-state index is 12.8. The zero-order chi connectivity index (χ0) is 85.6. The van der Waals surface area contributed by atoms with Crippen molar-refractivity contribution in [2.75, 3.05) is 69.8 Å². The third-order valence-corrected chi connectivity index (χ3v) is 19.1. The summed E-state index contributed by atoms with van der Waals surface area (Å²) in [6, 6.07) is 67.1. The van der Waals surface area contributed by atoms with Crippen molar-refractivity contribution in [2.45, 2.75) is 12.8 Å². The third kappa shape index (κ3) is 25.3. The molecule has 12 aromatic rings. The Morgan fingerprint density at radius 2 is 0.600 bits per heavy atom. The van der Waals surface area contributed by atoms with Gasteiger partial charge < -0.3 is 74.7 Å². The number of likely N-dealkylation sites (tertiary alicyclic amines) is 1. The van der Waals surface area contributed by atoms with Crippen molar-refractivity contribution >= 4 is 180 Å². The zero-order valence-electron chi connectivity index (χ0n) is 63.7. The van der Waals surface area contributed by atoms with Gasteiger partial charge in [-0.15, -0.1) is 0 Å². The molecule has 0 radical (unpaired) electrons. The molecule has 0 spiro atoms. The standard InChI is InChI=1S/C24H22BrN5O2.C21H18BrN5O3.C21H18BrN5O2.C20H16BrN5O3/c25-18-11-12-21(27-15-18)29-24(32)19-5-1-2-6-20(19)28-23(31)17-9-7-16(8-10-17)22(26)30-13-3-4-14-30;1-30-27-19(23)13-6-8-14(9-7-13)20(28)25-17-5-3-2-4-16(17)21(29)26-18-11-10-15(22)12-24-18;1-24-19(23)13-6-8-14(9-7-13)20(28)26-17-5-3-2-4-16(17)21(29)27-18-11-10-15(22)12-25-18;21-14-9-10-17(23-11-14)25-20(28)15-3-1-2-4-16(15)24-19(27)13-7-5-12(6-8-13)18(22)26-29/h1-2,5-12,15,26H,3-4,13-14H2,(H,28,31)(H,27,29,32);2-12H,1H3,(H2,23,27)(H,25,28)(H,24,26,29);2-12H,1H3,(H2,23,24)(H,26,28)(H,25,27,29);1-11,29H,(H2,22,26)(H,24,27)(H,23,25,28). The number of oxime groups is 2. The SMILES string of the molecule is CN=C(N)c1ccc(C(=O)Nc2ccccc2C(=O)Nc2ccc(Br)cn2)cc1.CON=C(N)c1ccc(C(=O)Nc2ccccc2C(=O)Nc2ccc(Br)cn2)cc1.N=C(c1ccc(C(=O)Nc2ccccc2C(=O)Nc2ccc(Br)cn2)cc1)N1CCCC1.NC(=NO)c1ccc(C(=O)Nc2ccccc2C(=O)Nc2ccc(Br)cn2)cc1. The Bertz CT molecular complexity index is 5600. The van der Waals surface area contributed by atoms with Crippen LogP contribution in [0.5, 0.6) is 0 Å². The Morgan fingerprint density at radius 1 is 0.350 bits per heavy atom. The van der Waals surface area contributed by atoms with Crippen molar-refractivity contribution in [1.82, 2.24) is 24.8 Å². The van der Waals surface area contributed by atoms with E-state index < -0.39 is 11.8 Å². The van der Waals surface area contributed by atoms with E-state index in [2.05, 4.69) is 146 Å². The van der Waals surface area contributed by atoms with Gasteiger partial charge in [0.05, 0.1) is 45.0 Å². The molecule has 0 saturated carbocycles. The lowest BCUT2D eigenvalue weighted by molar-refractivity contribution is 0.101. The largest absolute Gasteiger partial charge is 0.409 e. The number of anilines is 8. The monoisotopic (exact) mass is 1860 g/mol. The summed E-state index contributed by atoms with van der Waals surface area (Å²) in [5, 5.41) is 45.5. The van der Waals surface area contributed by atoms with E-state index in [1.165, 1.54) is 19.2 Å². The number of rotatable bonds is 21. The molecule has 5 heterocycles. The summed E-state index contributed by atoms with van der Waals surface area (Å²) < 4.78 is 3.21. The van der Waals surface area contributed by atoms with Crippen LogP contribution < -0.4 is 59.7 Å². The van der Waals surface area contributed by atoms with Crippen molar-refractivity contribution in [1.29, 1.82) is 5.41 Å². The molecule has 0 aliphatic carbocycles. The van der Waals surface area contributed by atoms with Crippen molar-refractivity contribution in [3.8, 4) is 0 Å². The smallest absolute Gasteiger partial charge is 0.258 e. The number of pyridine rings is 4. The number of nitrogens with two attached hydrogens (primary N) is 3. The minimum absolute atomic E-state index is 0.0551. The van der Waals surface area contributed by atoms with Gasteiger partial charge in [-0.3, -0.25) is 48.8 Å². The molecule has 13 rings (SSSR count). The molecule has 120 heavy (non-hydrogen) atoms. The van der Waals surface area contributed by atoms with E-state index in [4.69, 9.17) is 27.8 Å². The Balaban J connectivity index is 0.000000168. The fourth-order valence-electron chi connectivity index (χ4n) is 11.1. The van der Waals surface area contributed by atoms with Gasteiger partial charge in [-0.05, 0) is 222 Å². The molecule has 16 N–H and O–H groups in total. The first kappa shape index (κ1) is 87.9. The van der Waals surface area contributed by atoms with Gasteiger partial charge in [0.25, 0.3) is 47.3 Å². The second-order valence-corrected chi connectivity index (χ2v) is 29.0. The molecule has 34 heteroatoms. The van der Waals surface area contributed by atoms with Crippen LogP contribution in [-0.4, -0.2) is 128 Å². The first-order valence-electron chi connectivity index (χ1n) is 36.1. The second kappa shape index (κ2) is 43.5. The Hall–Kier alpha value is -14.5. The van der Waals surface area contributed by atoms with E-state index in [9.17, 15) is 38.4 Å². The highest BCUT2D eigenvalue weighted by molar-refractivity contribution is 9.11. The molecule has 30 nitrogen and oxygen atoms in total. The molecular formula is C86H74Br4N20O10. The van der Waals surface area contributed by atoms with Gasteiger partial charge in [0, 0.05) is 107 Å². The molecule has 8 aromatic carbocycles. The summed E-state index contributed by atoms with van der Waals surface area (Å²) >= 11 is 13.2. The maximum absolute atomic E-state index is 12.8. The first-order chi connectivity index (χ1) is 57.9. The molecule has 1 aliphatic heterocycles. The van der Waals surface area contributed by atoms with Crippen LogP contribution in [0.3, 0.4) is 0 Å². The first-order valence-corrected chi connectivity index (χ1v) is 39.3. The van der Waals surface area contributed by atoms with Gasteiger partial charge in [-0.25, -0.2) is 19.9 Å². The Labute approximate surface area is 721 Å². The molecule has 8 amide bonds. The van der Waals surface area contributed by atoms with E-state index in [-0.39, 0.29) is 47.1 Å². The number of amides is 8. The number of benzene rings is 8. The minimum Gasteiger partial charge on any atom is -0.409 e. The molecule has 0 bridgehead atoms. The predicted molar refractivity (Wildman–Crippen MR) is 477 cm³/mol. The summed E-state index contributed by atoms with van der Waals surface area (Å²) in [7, 11) is 3.00. The predicted octanol–water partition coefficient (Wildman–Crippen LogP) is 15.5. The van der Waals surface area contributed by atoms with Crippen LogP contribution in [0.2, 0.25) is 0 Å². The van der Waals surface area contributed by atoms with Gasteiger partial charge in [0.15, 0.2) is 11.7 Å². The number of aromatic nitrogens is 4. The summed E-state index contributed by atoms with van der Waals surface area (Å²) in [6.07, 6.45) is 8.54. The third-order valence-electron chi connectivity index (χ3n) is 17.3. The van der Waals surface area contributed by atoms with Gasteiger partial charge in [-0.1, -0.05) is 107 Å². The molecule has 606 valence electrons. The van der Waals surface area contributed by atoms with Crippen LogP contribution in [-0.2, 0) is 4.84 Å². The number of para-hydroxylation sites is 4. The quantitative estimate of drug-likeness (QED) is 0.0137. The number of carbonyl (C=O) groups excluding carboxylic acids is 8. The van der Waals surface area contributed by atoms with Crippen molar-refractivity contribution in [3.63, 3.8) is 0 Å². The number of amidine groups is 4. The topological polar surface area (TPSA) is 456 Å². The van der Waals surface area contributed by atoms with Gasteiger partial charge in [-0.2, -0.15) is 0 Å². The average Bonchev–Trinajstić information content (AvgIpc) is 1.46. The van der Waals surface area contributed by atoms with E-state index in [0.717, 1.165) is 54.9 Å². The molecule has 4 aromatic heterocycles. The van der Waals surface area contributed by atoms with E-state index >= 15 is 0 Å². The number of aliphatic imine (C=N–C) groups is 1. The van der Waals surface area contributed by atoms with Gasteiger partial charge in [0.2, 0.25) is 0 Å². The van der Waals surface area contributed by atoms with Crippen LogP contribution in [0.25, 0.3) is 0 Å². The van der Waals surface area contributed by atoms with Crippen LogP contribution in [0.4, 0.5) is 46.0 Å². The Morgan fingerprint density at radius 3 is 0.850 bits per heavy atom. The minimum atomic E-state index is -0.405. The number of hydrogen-bond donors (Lipinski definition) is 13. The summed E-state index contributed by atoms with van der Waals surface area (Å²) in [5.74, 6) is -0.359. The van der Waals surface area contributed by atoms with E-state index in [1.807, 2.05) is 4.90 Å². The lowest BCUT2D eigenvalue weighted by atomic mass is 10.1. The molecule has 0 unspecified atom stereocenters. The van der Waals surface area contributed by atoms with Crippen LogP contribution in [0.15, 0.2) is 301 Å². The lowest BCUT2D eigenvalue weighted by Crippen LogP contribution is -2.27. The summed E-state index contributed by atoms with van der Waals surface area (Å²) in [5.41, 5.74) is 24.1. The highest BCUT2D eigenvalue weighted by Crippen LogP contribution is 2.26. The van der Waals surface area contributed by atoms with Crippen molar-refractivity contribution in [2.24, 2.45) is 32.5 Å². The fourth-order valence-corrected chi connectivity index (χ4v) is 12.0. The molecule has 1 saturated heterocycles. The van der Waals surface area contributed by atoms with Crippen molar-refractivity contribution in [3.05, 3.63) is 352 Å². The molecule has 1 aliphatic rings. The molecule has 1 fully saturated rings. The highest BCUT2D eigenvalue weighted by Gasteiger charge is 2.22. The van der Waals surface area contributed by atoms with Gasteiger partial charge in [0.1, 0.15) is 42.1 Å². The maximum Gasteiger partial charge on any atom is 0.258 e. The molecule has 0 atom stereocenters. The normalized spacial score (nSPS) is 11.5. The average molecular weight is 1870 g/mol. The van der Waals surface area contributed by atoms with Gasteiger partial charge >= 0.3 is 0 Å². The molecular weight excluding hydrogens is 1790 g/mol. The number of hydrogen-bond acceptors (Lipinski definition) is 18. The van der Waals surface area contributed by atoms with Crippen LogP contribution in [0.1, 0.15) is 118 Å². The van der Waals surface area contributed by atoms with Crippen LogP contribution in [0, 0.1) is 5.41 Å². The lowest BCUT2D eigenvalue weighted by Gasteiger charge is -2.18. The zero-order valence-corrected chi connectivity index (χ0v) is 70.0. The van der Waals surface area contributed by atoms with Crippen molar-refractivity contribution < 1.29 is 48.4 Å². The summed E-state index contributed by atoms with van der Waals surface area (Å²) in [4.78, 5) is 128. The van der Waals surface area contributed by atoms with Crippen LogP contribution >= 0.6 is 63.7 Å². The number of nitrogens with zero attached hydrogens (tertiary/aromatic N) is 8. The number of nitrogens with one attached hydrogen (secondary N) is 9. The van der Waals surface area contributed by atoms with E-state index in [1.54, 1.807) is 262 Å². The number of halogens is 4. The van der Waals surface area contributed by atoms with E-state index in [0.29, 0.717) is 113 Å².